The van der Waals surface area contributed by atoms with Gasteiger partial charge in [0.2, 0.25) is 0 Å². The van der Waals surface area contributed by atoms with Gasteiger partial charge in [0, 0.05) is 9.11 Å². The fourth-order valence-electron chi connectivity index (χ4n) is 3.19. The number of tetrazole rings is 1. The molecule has 1 aromatic heterocycles. The number of aromatic nitrogens is 4. The number of aryl methyl sites for hydroxylation is 1. The number of nitrogens with one attached hydrogen (secondary N) is 1. The molecule has 0 aliphatic rings. The Morgan fingerprint density at radius 2 is 1.19 bits per heavy atom. The van der Waals surface area contributed by atoms with Gasteiger partial charge < -0.3 is 0 Å². The lowest BCUT2D eigenvalue weighted by molar-refractivity contribution is 0.881. The van der Waals surface area contributed by atoms with Gasteiger partial charge in [-0.1, -0.05) is 59.8 Å². The molecule has 0 aliphatic heterocycles. The molecule has 0 aliphatic carbocycles. The Balaban J connectivity index is 1.99. The maximum atomic E-state index is 8.80. The molecule has 5 heteroatoms. The highest BCUT2D eigenvalue weighted by molar-refractivity contribution is 7.95. The first kappa shape index (κ1) is 14.3. The fourth-order valence-corrected chi connectivity index (χ4v) is 7.06. The van der Waals surface area contributed by atoms with Crippen molar-refractivity contribution in [1.29, 1.82) is 0 Å². The second-order valence-corrected chi connectivity index (χ2v) is 9.37. The number of H-pyrrole nitrogens is 1. The van der Waals surface area contributed by atoms with Crippen LogP contribution < -0.4 is 15.9 Å². The van der Waals surface area contributed by atoms with E-state index in [4.69, 9.17) is 2.74 Å². The Bertz CT molecular complexity index is 914. The molecule has 128 valence electrons. The molecular weight excluding hydrogens is 339 g/mol. The maximum absolute atomic E-state index is 8.80. The molecule has 0 radical (unpaired) electrons. The van der Waals surface area contributed by atoms with E-state index in [-0.39, 0.29) is 12.0 Å². The van der Waals surface area contributed by atoms with Crippen LogP contribution in [0, 0.1) is 0 Å². The van der Waals surface area contributed by atoms with Crippen LogP contribution in [0.15, 0.2) is 91.0 Å². The molecule has 0 spiro atoms. The summed E-state index contributed by atoms with van der Waals surface area (Å²) in [7, 11) is -2.31. The van der Waals surface area contributed by atoms with Crippen LogP contribution in [0.4, 0.5) is 0 Å². The third kappa shape index (κ3) is 3.16. The van der Waals surface area contributed by atoms with Crippen LogP contribution in [0.3, 0.4) is 0 Å². The summed E-state index contributed by atoms with van der Waals surface area (Å²) in [6.07, 6.45) is -1.50. The lowest BCUT2D eigenvalue weighted by atomic mass is 10.3. The van der Waals surface area contributed by atoms with Crippen molar-refractivity contribution in [1.82, 2.24) is 20.6 Å². The van der Waals surface area contributed by atoms with Crippen molar-refractivity contribution in [3.8, 4) is 0 Å². The number of benzene rings is 3. The van der Waals surface area contributed by atoms with E-state index in [1.54, 1.807) is 0 Å². The molecule has 4 nitrogen and oxygen atoms in total. The highest BCUT2D eigenvalue weighted by Crippen LogP contribution is 2.55. The monoisotopic (exact) mass is 361 g/mol. The summed E-state index contributed by atoms with van der Waals surface area (Å²) in [5.41, 5.74) is 0. The van der Waals surface area contributed by atoms with E-state index >= 15 is 0 Å². The lowest BCUT2D eigenvalue weighted by Gasteiger charge is -2.27. The van der Waals surface area contributed by atoms with Gasteiger partial charge in [-0.25, -0.2) is 0 Å². The first-order valence-electron chi connectivity index (χ1n) is 9.42. The minimum absolute atomic E-state index is 0.0830. The average molecular weight is 361 g/mol. The van der Waals surface area contributed by atoms with Crippen LogP contribution in [0.1, 0.15) is 8.57 Å². The normalized spacial score (nSPS) is 13.1. The van der Waals surface area contributed by atoms with Gasteiger partial charge in [0.25, 0.3) is 0 Å². The molecule has 4 rings (SSSR count). The van der Waals surface area contributed by atoms with Gasteiger partial charge in [-0.2, -0.15) is 5.21 Å². The first-order chi connectivity index (χ1) is 13.6. The lowest BCUT2D eigenvalue weighted by Crippen LogP contribution is -2.34. The van der Waals surface area contributed by atoms with Crippen molar-refractivity contribution in [2.24, 2.45) is 0 Å². The SMILES string of the molecule is [2H]C([2H])(C[P+](c1ccccc1)(c1ccccc1)c1ccccc1)c1nn[nH]n1. The first-order valence-corrected chi connectivity index (χ1v) is 10.4. The second-order valence-electron chi connectivity index (χ2n) is 5.89. The smallest absolute Gasteiger partial charge is 0.177 e. The molecule has 0 atom stereocenters. The van der Waals surface area contributed by atoms with Gasteiger partial charge >= 0.3 is 0 Å². The summed E-state index contributed by atoms with van der Waals surface area (Å²) in [5, 5.41) is 17.2. The van der Waals surface area contributed by atoms with Crippen LogP contribution in [0.25, 0.3) is 0 Å². The maximum Gasteiger partial charge on any atom is 0.178 e. The quantitative estimate of drug-likeness (QED) is 0.537. The van der Waals surface area contributed by atoms with Crippen molar-refractivity contribution < 1.29 is 2.74 Å². The largest absolute Gasteiger partial charge is 0.178 e. The van der Waals surface area contributed by atoms with Crippen LogP contribution in [-0.4, -0.2) is 26.8 Å². The predicted octanol–water partition coefficient (Wildman–Crippen LogP) is 2.74. The van der Waals surface area contributed by atoms with Crippen LogP contribution >= 0.6 is 7.26 Å². The van der Waals surface area contributed by atoms with Crippen molar-refractivity contribution in [2.75, 3.05) is 6.16 Å². The average Bonchev–Trinajstić information content (AvgIpc) is 3.30. The van der Waals surface area contributed by atoms with E-state index in [2.05, 4.69) is 57.0 Å². The zero-order chi connectivity index (χ0) is 19.5. The van der Waals surface area contributed by atoms with Gasteiger partial charge in [0.05, 0.1) is 6.16 Å². The van der Waals surface area contributed by atoms with E-state index in [1.807, 2.05) is 54.6 Å². The van der Waals surface area contributed by atoms with Crippen LogP contribution in [-0.2, 0) is 6.37 Å². The van der Waals surface area contributed by atoms with E-state index in [0.29, 0.717) is 0 Å². The highest BCUT2D eigenvalue weighted by atomic mass is 31.2. The molecule has 4 aromatic rings. The summed E-state index contributed by atoms with van der Waals surface area (Å²) in [6.45, 7) is 0. The van der Waals surface area contributed by atoms with Crippen molar-refractivity contribution >= 4 is 23.2 Å². The highest BCUT2D eigenvalue weighted by Gasteiger charge is 2.44. The molecule has 1 N–H and O–H groups in total. The Morgan fingerprint density at radius 3 is 1.58 bits per heavy atom. The van der Waals surface area contributed by atoms with Gasteiger partial charge in [0.15, 0.2) is 5.82 Å². The summed E-state index contributed by atoms with van der Waals surface area (Å²) in [6, 6.07) is 30.6. The van der Waals surface area contributed by atoms with E-state index in [0.717, 1.165) is 15.9 Å². The molecule has 26 heavy (non-hydrogen) atoms. The molecule has 0 unspecified atom stereocenters. The van der Waals surface area contributed by atoms with Gasteiger partial charge in [-0.15, -0.1) is 10.2 Å². The Morgan fingerprint density at radius 1 is 0.731 bits per heavy atom. The Kier molecular flexibility index (Phi) is 4.19. The van der Waals surface area contributed by atoms with E-state index in [9.17, 15) is 0 Å². The summed E-state index contributed by atoms with van der Waals surface area (Å²) in [4.78, 5) is 0. The topological polar surface area (TPSA) is 54.5 Å². The predicted molar refractivity (Wildman–Crippen MR) is 108 cm³/mol. The molecule has 3 aromatic carbocycles. The van der Waals surface area contributed by atoms with Gasteiger partial charge in [-0.05, 0) is 36.4 Å². The van der Waals surface area contributed by atoms with E-state index < -0.39 is 13.6 Å². The second kappa shape index (κ2) is 7.59. The summed E-state index contributed by atoms with van der Waals surface area (Å²) >= 11 is 0. The number of hydrogen-bond acceptors (Lipinski definition) is 3. The molecule has 1 heterocycles. The third-order valence-corrected chi connectivity index (χ3v) is 8.58. The summed E-state index contributed by atoms with van der Waals surface area (Å²) in [5.74, 6) is 0.0830. The number of rotatable bonds is 6. The minimum atomic E-state index is -2.31. The van der Waals surface area contributed by atoms with Crippen molar-refractivity contribution in [2.45, 2.75) is 6.37 Å². The molecule has 0 saturated heterocycles. The molecule has 0 saturated carbocycles. The molecule has 0 fully saturated rings. The van der Waals surface area contributed by atoms with Gasteiger partial charge in [0.1, 0.15) is 23.2 Å². The number of hydrogen-bond donors (Lipinski definition) is 1. The Hall–Kier alpha value is -2.84. The van der Waals surface area contributed by atoms with E-state index in [1.165, 1.54) is 0 Å². The summed E-state index contributed by atoms with van der Waals surface area (Å²) < 4.78 is 17.6. The third-order valence-electron chi connectivity index (χ3n) is 4.41. The molecular formula is C21H20N4P+. The zero-order valence-electron chi connectivity index (χ0n) is 16.2. The standard InChI is InChI=1S/C21H20N4P/c1-4-10-18(11-5-1)26(19-12-6-2-7-13-19,20-14-8-3-9-15-20)17-16-21-22-24-25-23-21/h1-15H,16-17H2,(H,22,23,24,25)/q+1/i16D2. The van der Waals surface area contributed by atoms with Crippen molar-refractivity contribution in [3.05, 3.63) is 96.8 Å². The number of nitrogens with zero attached hydrogens (tertiary/aromatic N) is 3. The molecule has 0 bridgehead atoms. The number of aromatic amines is 1. The van der Waals surface area contributed by atoms with Gasteiger partial charge in [-0.3, -0.25) is 0 Å². The fraction of sp³-hybridized carbons (Fsp3) is 0.0952. The zero-order valence-corrected chi connectivity index (χ0v) is 15.1. The molecule has 0 amide bonds. The van der Waals surface area contributed by atoms with Crippen LogP contribution in [0.2, 0.25) is 0 Å². The van der Waals surface area contributed by atoms with Crippen molar-refractivity contribution in [3.63, 3.8) is 0 Å². The Labute approximate surface area is 156 Å². The van der Waals surface area contributed by atoms with Crippen LogP contribution in [0.5, 0.6) is 0 Å². The minimum Gasteiger partial charge on any atom is -0.177 e.